The smallest absolute Gasteiger partial charge is 0.320 e. The maximum atomic E-state index is 14.2. The van der Waals surface area contributed by atoms with E-state index in [0.29, 0.717) is 30.1 Å². The topological polar surface area (TPSA) is 60.4 Å². The normalized spacial score (nSPS) is 20.4. The van der Waals surface area contributed by atoms with Crippen molar-refractivity contribution in [1.82, 2.24) is 28.6 Å². The molecule has 3 atom stereocenters. The Kier molecular flexibility index (Phi) is 6.36. The molecule has 206 valence electrons. The quantitative estimate of drug-likeness (QED) is 0.312. The van der Waals surface area contributed by atoms with Crippen molar-refractivity contribution in [2.24, 2.45) is 13.0 Å². The number of likely N-dealkylation sites (tertiary alicyclic amines) is 1. The predicted molar refractivity (Wildman–Crippen MR) is 138 cm³/mol. The van der Waals surface area contributed by atoms with Crippen LogP contribution in [0.1, 0.15) is 67.1 Å². The van der Waals surface area contributed by atoms with E-state index in [1.165, 1.54) is 17.0 Å². The first-order valence-corrected chi connectivity index (χ1v) is 13.3. The first-order chi connectivity index (χ1) is 18.6. The van der Waals surface area contributed by atoms with Gasteiger partial charge < -0.3 is 4.57 Å². The van der Waals surface area contributed by atoms with Crippen LogP contribution in [0.3, 0.4) is 0 Å². The summed E-state index contributed by atoms with van der Waals surface area (Å²) in [5, 5.41) is 8.38. The van der Waals surface area contributed by atoms with Crippen molar-refractivity contribution in [2.75, 3.05) is 13.1 Å². The Balaban J connectivity index is 1.45. The first kappa shape index (κ1) is 25.8. The van der Waals surface area contributed by atoms with Crippen molar-refractivity contribution in [2.45, 2.75) is 56.9 Å². The van der Waals surface area contributed by atoms with E-state index >= 15 is 0 Å². The van der Waals surface area contributed by atoms with Crippen LogP contribution in [0.2, 0.25) is 0 Å². The van der Waals surface area contributed by atoms with Crippen LogP contribution in [0.15, 0.2) is 53.8 Å². The highest BCUT2D eigenvalue weighted by Crippen LogP contribution is 2.43. The molecular formula is C28H30F4N6O. The number of benzene rings is 1. The number of pyridine rings is 1. The molecule has 0 radical (unpaired) electrons. The van der Waals surface area contributed by atoms with Gasteiger partial charge in [0.05, 0.1) is 16.8 Å². The molecule has 0 N–H and O–H groups in total. The Morgan fingerprint density at radius 3 is 2.49 bits per heavy atom. The lowest BCUT2D eigenvalue weighted by Crippen LogP contribution is -2.26. The predicted octanol–water partition coefficient (Wildman–Crippen LogP) is 5.27. The number of hydrogen-bond donors (Lipinski definition) is 0. The highest BCUT2D eigenvalue weighted by Gasteiger charge is 2.36. The molecule has 7 nitrogen and oxygen atoms in total. The third-order valence-electron chi connectivity index (χ3n) is 8.44. The molecule has 0 amide bonds. The van der Waals surface area contributed by atoms with Crippen molar-refractivity contribution in [1.29, 1.82) is 0 Å². The third-order valence-corrected chi connectivity index (χ3v) is 8.44. The van der Waals surface area contributed by atoms with Crippen molar-refractivity contribution in [3.63, 3.8) is 0 Å². The third kappa shape index (κ3) is 4.56. The molecule has 4 heterocycles. The van der Waals surface area contributed by atoms with Crippen molar-refractivity contribution in [3.8, 4) is 5.69 Å². The molecule has 2 aliphatic rings. The van der Waals surface area contributed by atoms with E-state index in [2.05, 4.69) is 10.2 Å². The van der Waals surface area contributed by atoms with Crippen molar-refractivity contribution >= 4 is 5.52 Å². The lowest BCUT2D eigenvalue weighted by Gasteiger charge is -2.33. The zero-order valence-electron chi connectivity index (χ0n) is 21.8. The second-order valence-electron chi connectivity index (χ2n) is 10.8. The Morgan fingerprint density at radius 1 is 1.08 bits per heavy atom. The molecule has 1 aromatic carbocycles. The van der Waals surface area contributed by atoms with Crippen LogP contribution in [0, 0.1) is 5.92 Å². The molecule has 6 rings (SSSR count). The van der Waals surface area contributed by atoms with Gasteiger partial charge in [0.1, 0.15) is 18.3 Å². The largest absolute Gasteiger partial charge is 0.418 e. The summed E-state index contributed by atoms with van der Waals surface area (Å²) in [6.07, 6.45) is 2.28. The minimum Gasteiger partial charge on any atom is -0.320 e. The van der Waals surface area contributed by atoms with Gasteiger partial charge in [0.2, 0.25) is 0 Å². The van der Waals surface area contributed by atoms with Crippen molar-refractivity contribution < 1.29 is 17.6 Å². The zero-order valence-corrected chi connectivity index (χ0v) is 21.8. The molecule has 3 aromatic heterocycles. The Labute approximate surface area is 222 Å². The van der Waals surface area contributed by atoms with E-state index in [-0.39, 0.29) is 18.0 Å². The molecular weight excluding hydrogens is 512 g/mol. The number of aryl methyl sites for hydroxylation is 1. The highest BCUT2D eigenvalue weighted by molar-refractivity contribution is 5.58. The molecule has 1 unspecified atom stereocenters. The van der Waals surface area contributed by atoms with Gasteiger partial charge in [-0.1, -0.05) is 18.6 Å². The van der Waals surface area contributed by atoms with Gasteiger partial charge in [-0.15, -0.1) is 10.2 Å². The number of alkyl halides is 4. The summed E-state index contributed by atoms with van der Waals surface area (Å²) in [4.78, 5) is 15.4. The molecule has 1 aliphatic carbocycles. The average molecular weight is 543 g/mol. The van der Waals surface area contributed by atoms with Crippen LogP contribution in [0.4, 0.5) is 17.6 Å². The van der Waals surface area contributed by atoms with E-state index in [9.17, 15) is 22.4 Å². The van der Waals surface area contributed by atoms with E-state index in [1.54, 1.807) is 19.3 Å². The fraction of sp³-hybridized carbons (Fsp3) is 0.464. The fourth-order valence-corrected chi connectivity index (χ4v) is 6.00. The van der Waals surface area contributed by atoms with Crippen LogP contribution in [0.5, 0.6) is 0 Å². The summed E-state index contributed by atoms with van der Waals surface area (Å²) in [6, 6.07) is 8.00. The van der Waals surface area contributed by atoms with Gasteiger partial charge in [-0.2, -0.15) is 13.2 Å². The Hall–Kier alpha value is -3.47. The molecule has 1 aliphatic heterocycles. The summed E-state index contributed by atoms with van der Waals surface area (Å²) in [6.45, 7) is 2.37. The second kappa shape index (κ2) is 9.62. The van der Waals surface area contributed by atoms with Gasteiger partial charge in [0.15, 0.2) is 0 Å². The van der Waals surface area contributed by atoms with Crippen LogP contribution < -0.4 is 5.69 Å². The number of fused-ring (bicyclic) bond motifs is 1. The number of imidazole rings is 1. The lowest BCUT2D eigenvalue weighted by molar-refractivity contribution is -0.136. The minimum absolute atomic E-state index is 0.0306. The summed E-state index contributed by atoms with van der Waals surface area (Å²) in [5.74, 6) is 1.17. The number of rotatable bonds is 6. The Bertz CT molecular complexity index is 1570. The monoisotopic (exact) mass is 542 g/mol. The summed E-state index contributed by atoms with van der Waals surface area (Å²) in [5.41, 5.74) is 0.0461. The first-order valence-electron chi connectivity index (χ1n) is 13.3. The summed E-state index contributed by atoms with van der Waals surface area (Å²) >= 11 is 0. The molecule has 11 heteroatoms. The van der Waals surface area contributed by atoms with Crippen LogP contribution >= 0.6 is 0 Å². The SMILES string of the molecule is CC(c1cc(C(F)(F)F)c2cn(-c3cccc([C@H](c4nncn4C)C4CCC4)c3)c(=O)n2c1)N1CC[C@H](F)C1. The maximum Gasteiger partial charge on any atom is 0.418 e. The van der Waals surface area contributed by atoms with Crippen LogP contribution in [-0.2, 0) is 13.2 Å². The van der Waals surface area contributed by atoms with Gasteiger partial charge in [-0.05, 0) is 61.4 Å². The molecule has 1 saturated heterocycles. The highest BCUT2D eigenvalue weighted by atomic mass is 19.4. The summed E-state index contributed by atoms with van der Waals surface area (Å²) < 4.78 is 60.7. The number of aromatic nitrogens is 5. The molecule has 0 spiro atoms. The maximum absolute atomic E-state index is 14.2. The molecule has 1 saturated carbocycles. The van der Waals surface area contributed by atoms with E-state index < -0.39 is 29.6 Å². The van der Waals surface area contributed by atoms with Gasteiger partial charge in [0, 0.05) is 44.5 Å². The summed E-state index contributed by atoms with van der Waals surface area (Å²) in [7, 11) is 1.89. The molecule has 0 bridgehead atoms. The van der Waals surface area contributed by atoms with Crippen LogP contribution in [-0.4, -0.2) is 47.9 Å². The molecule has 4 aromatic rings. The van der Waals surface area contributed by atoms with E-state index in [4.69, 9.17) is 0 Å². The van der Waals surface area contributed by atoms with Crippen molar-refractivity contribution in [3.05, 3.63) is 82.1 Å². The van der Waals surface area contributed by atoms with E-state index in [1.807, 2.05) is 34.7 Å². The van der Waals surface area contributed by atoms with Gasteiger partial charge in [-0.3, -0.25) is 13.9 Å². The number of nitrogens with zero attached hydrogens (tertiary/aromatic N) is 6. The minimum atomic E-state index is -4.67. The van der Waals surface area contributed by atoms with Gasteiger partial charge >= 0.3 is 11.9 Å². The van der Waals surface area contributed by atoms with Crippen LogP contribution in [0.25, 0.3) is 11.2 Å². The molecule has 2 fully saturated rings. The standard InChI is InChI=1S/C28H30F4N6O/c1-17(36-10-9-21(29)14-36)20-12-23(28(30,31)32)24-15-37(27(39)38(24)13-20)22-8-4-7-19(11-22)25(18-5-3-6-18)26-34-33-16-35(26)2/h4,7-8,11-13,15-18,21,25H,3,5-6,9-10,14H2,1-2H3/t17?,21-,25+/m0/s1. The fourth-order valence-electron chi connectivity index (χ4n) is 6.00. The number of halogens is 4. The van der Waals surface area contributed by atoms with E-state index in [0.717, 1.165) is 41.1 Å². The second-order valence-corrected chi connectivity index (χ2v) is 10.8. The Morgan fingerprint density at radius 2 is 1.87 bits per heavy atom. The zero-order chi connectivity index (χ0) is 27.5. The molecule has 39 heavy (non-hydrogen) atoms. The van der Waals surface area contributed by atoms with Gasteiger partial charge in [0.25, 0.3) is 0 Å². The average Bonchev–Trinajstić information content (AvgIpc) is 3.58. The van der Waals surface area contributed by atoms with Gasteiger partial charge in [-0.25, -0.2) is 9.18 Å². The lowest BCUT2D eigenvalue weighted by atomic mass is 9.72. The number of hydrogen-bond acceptors (Lipinski definition) is 4.